The Balaban J connectivity index is 7.22. The van der Waals surface area contributed by atoms with E-state index in [2.05, 4.69) is 31.5 Å². The maximum Gasteiger partial charge on any atom is 0.256 e. The number of hydrogen-bond donors (Lipinski definition) is 7. The lowest BCUT2D eigenvalue weighted by molar-refractivity contribution is -0.149. The highest BCUT2D eigenvalue weighted by atomic mass is 32.2. The Morgan fingerprint density at radius 2 is 1.00 bits per heavy atom. The first-order chi connectivity index (χ1) is 43.9. The largest absolute Gasteiger partial charge is 0.390 e. The van der Waals surface area contributed by atoms with Gasteiger partial charge in [0.1, 0.15) is 54.4 Å². The van der Waals surface area contributed by atoms with Gasteiger partial charge in [0.15, 0.2) is 5.37 Å². The molecule has 0 aliphatic carbocycles. The fourth-order valence-electron chi connectivity index (χ4n) is 11.1. The van der Waals surface area contributed by atoms with Crippen molar-refractivity contribution in [3.8, 4) is 0 Å². The van der Waals surface area contributed by atoms with E-state index in [0.717, 1.165) is 29.8 Å². The van der Waals surface area contributed by atoms with Crippen LogP contribution in [0.5, 0.6) is 0 Å². The number of rotatable bonds is 43. The molecule has 0 bridgehead atoms. The highest BCUT2D eigenvalue weighted by Crippen LogP contribution is 2.26. The highest BCUT2D eigenvalue weighted by molar-refractivity contribution is 8.00. The standard InChI is InChI=1S/C69H128N12O13S/c1-27-31-33-46(15)57(83)56(79(25)54(82)39-44(11)12)62(88)73-49(28-2)64(90)80(26)68(95-35-32-34-81(29-3)30-4)67(93)78(24)53(40-69(18,19)94)61(87)74-55(45(13)14)66(92)76(22)51(37-42(7)8)60(86)71-47(16)58(84)72-48(17)63(89)77(23)52(38-43(9)10)65(91)75(21)50(36-41(5)6)59(85)70-20/h27,31,41-53,55-57,68,83,94H,28-30,32-40H2,1-26H3,(H,70,85)(H,71,86)(H,72,84)(H,73,88)(H,74,87)/b31-27+/t46-,47+,48-,49+,50+,51+,52+,53+,55+,56+,57?,68-/m1/s1. The van der Waals surface area contributed by atoms with Crippen LogP contribution in [-0.2, 0) is 52.7 Å². The molecular formula is C69H128N12O13S. The van der Waals surface area contributed by atoms with Crippen LogP contribution in [0.4, 0.5) is 0 Å². The number of nitrogens with one attached hydrogen (secondary N) is 5. The van der Waals surface area contributed by atoms with Gasteiger partial charge in [-0.05, 0) is 134 Å². The van der Waals surface area contributed by atoms with Crippen molar-refractivity contribution >= 4 is 76.7 Å². The zero-order chi connectivity index (χ0) is 73.8. The lowest BCUT2D eigenvalue weighted by atomic mass is 9.92. The average Bonchev–Trinajstić information content (AvgIpc) is 0.829. The van der Waals surface area contributed by atoms with E-state index in [1.165, 1.54) is 102 Å². The quantitative estimate of drug-likeness (QED) is 0.0252. The lowest BCUT2D eigenvalue weighted by Crippen LogP contribution is -2.62. The highest BCUT2D eigenvalue weighted by Gasteiger charge is 2.44. The van der Waals surface area contributed by atoms with Gasteiger partial charge in [-0.25, -0.2) is 0 Å². The van der Waals surface area contributed by atoms with Gasteiger partial charge in [-0.1, -0.05) is 109 Å². The van der Waals surface area contributed by atoms with E-state index in [-0.39, 0.29) is 67.6 Å². The van der Waals surface area contributed by atoms with Gasteiger partial charge in [0, 0.05) is 62.2 Å². The van der Waals surface area contributed by atoms with Crippen molar-refractivity contribution in [1.82, 2.24) is 60.9 Å². The molecule has 25 nitrogen and oxygen atoms in total. The Kier molecular flexibility index (Phi) is 40.1. The molecule has 0 rings (SSSR count). The zero-order valence-electron chi connectivity index (χ0n) is 62.9. The Hall–Kier alpha value is -5.86. The van der Waals surface area contributed by atoms with E-state index in [4.69, 9.17) is 0 Å². The first kappa shape index (κ1) is 89.1. The molecule has 548 valence electrons. The van der Waals surface area contributed by atoms with Crippen molar-refractivity contribution in [2.45, 2.75) is 254 Å². The minimum Gasteiger partial charge on any atom is -0.390 e. The van der Waals surface area contributed by atoms with Gasteiger partial charge in [-0.3, -0.25) is 52.7 Å². The van der Waals surface area contributed by atoms with Gasteiger partial charge in [-0.2, -0.15) is 0 Å². The second-order valence-electron chi connectivity index (χ2n) is 28.4. The van der Waals surface area contributed by atoms with Crippen LogP contribution in [0.15, 0.2) is 12.2 Å². The van der Waals surface area contributed by atoms with Crippen molar-refractivity contribution in [2.24, 2.45) is 35.5 Å². The first-order valence-electron chi connectivity index (χ1n) is 34.3. The number of aliphatic hydroxyl groups is 2. The number of likely N-dealkylation sites (N-methyl/N-ethyl adjacent to an activating group) is 7. The molecular weight excluding hydrogens is 1240 g/mol. The zero-order valence-corrected chi connectivity index (χ0v) is 63.7. The number of nitrogens with zero attached hydrogens (tertiary/aromatic N) is 7. The van der Waals surface area contributed by atoms with Crippen LogP contribution >= 0.6 is 11.8 Å². The summed E-state index contributed by atoms with van der Waals surface area (Å²) < 4.78 is 0. The van der Waals surface area contributed by atoms with Crippen molar-refractivity contribution < 1.29 is 63.0 Å². The van der Waals surface area contributed by atoms with Crippen molar-refractivity contribution in [1.29, 1.82) is 0 Å². The predicted molar refractivity (Wildman–Crippen MR) is 376 cm³/mol. The first-order valence-corrected chi connectivity index (χ1v) is 35.3. The summed E-state index contributed by atoms with van der Waals surface area (Å²) in [5.41, 5.74) is -1.58. The lowest BCUT2D eigenvalue weighted by Gasteiger charge is -2.38. The number of hydrogen-bond acceptors (Lipinski definition) is 15. The summed E-state index contributed by atoms with van der Waals surface area (Å²) >= 11 is 1.16. The van der Waals surface area contributed by atoms with Crippen LogP contribution in [0.25, 0.3) is 0 Å². The molecule has 0 aromatic heterocycles. The van der Waals surface area contributed by atoms with Gasteiger partial charge in [0.05, 0.1) is 11.7 Å². The van der Waals surface area contributed by atoms with Crippen LogP contribution in [0.1, 0.15) is 183 Å². The molecule has 0 radical (unpaired) electrons. The molecule has 0 saturated carbocycles. The third-order valence-corrected chi connectivity index (χ3v) is 18.6. The number of carbonyl (C=O) groups is 11. The van der Waals surface area contributed by atoms with E-state index in [1.54, 1.807) is 27.7 Å². The monoisotopic (exact) mass is 1360 g/mol. The van der Waals surface area contributed by atoms with Crippen LogP contribution in [0.2, 0.25) is 0 Å². The summed E-state index contributed by atoms with van der Waals surface area (Å²) in [7, 11) is 10.2. The summed E-state index contributed by atoms with van der Waals surface area (Å²) in [6.45, 7) is 35.9. The van der Waals surface area contributed by atoms with Crippen molar-refractivity contribution in [3.05, 3.63) is 12.2 Å². The molecule has 0 aromatic rings. The van der Waals surface area contributed by atoms with E-state index in [1.807, 2.05) is 88.3 Å². The van der Waals surface area contributed by atoms with Crippen LogP contribution in [0, 0.1) is 35.5 Å². The molecule has 0 aromatic carbocycles. The number of allylic oxidation sites excluding steroid dienone is 2. The predicted octanol–water partition coefficient (Wildman–Crippen LogP) is 4.47. The molecule has 95 heavy (non-hydrogen) atoms. The third kappa shape index (κ3) is 29.0. The Labute approximate surface area is 574 Å². The number of amides is 11. The molecule has 12 atom stereocenters. The third-order valence-electron chi connectivity index (χ3n) is 17.2. The van der Waals surface area contributed by atoms with Gasteiger partial charge < -0.3 is 71.1 Å². The molecule has 1 unspecified atom stereocenters. The second-order valence-corrected chi connectivity index (χ2v) is 29.6. The summed E-state index contributed by atoms with van der Waals surface area (Å²) in [5.74, 6) is -7.64. The molecule has 0 aliphatic heterocycles. The molecule has 0 heterocycles. The topological polar surface area (TPSA) is 311 Å². The molecule has 0 spiro atoms. The molecule has 11 amide bonds. The van der Waals surface area contributed by atoms with Crippen molar-refractivity contribution in [3.63, 3.8) is 0 Å². The van der Waals surface area contributed by atoms with E-state index < -0.39 is 136 Å². The fraction of sp³-hybridized carbons (Fsp3) is 0.812. The van der Waals surface area contributed by atoms with E-state index >= 15 is 4.79 Å². The Morgan fingerprint density at radius 3 is 1.46 bits per heavy atom. The number of carbonyl (C=O) groups excluding carboxylic acids is 11. The summed E-state index contributed by atoms with van der Waals surface area (Å²) in [6, 6.07) is -10.7. The number of thioether (sulfide) groups is 1. The van der Waals surface area contributed by atoms with Gasteiger partial charge in [0.25, 0.3) is 5.91 Å². The minimum atomic E-state index is -1.58. The van der Waals surface area contributed by atoms with E-state index in [9.17, 15) is 58.2 Å². The molecule has 0 fully saturated rings. The normalized spacial score (nSPS) is 15.8. The summed E-state index contributed by atoms with van der Waals surface area (Å²) in [5, 5.41) is 35.4. The SMILES string of the molecule is C/C=C/C[C@@H](C)C(O)[C@@H](C(=O)N[C@@H](CC)C(=O)N(C)[C@H](SCCCN(CC)CC)C(=O)N(C)[C@@H](CC(C)(C)O)C(=O)N[C@H](C(=O)N(C)[C@@H](CC(C)C)C(=O)N[C@@H](C)C(=O)N[C@H](C)C(=O)N(C)[C@@H](CC(C)C)C(=O)N(C)[C@@H](CC(C)C)C(=O)NC)C(C)C)N(C)C(=O)CC(C)C. The average molecular weight is 1370 g/mol. The van der Waals surface area contributed by atoms with Gasteiger partial charge in [0.2, 0.25) is 59.1 Å². The molecule has 26 heteroatoms. The second kappa shape index (κ2) is 42.7. The maximum atomic E-state index is 15.3. The molecule has 0 saturated heterocycles. The van der Waals surface area contributed by atoms with Crippen molar-refractivity contribution in [2.75, 3.05) is 74.7 Å². The fourth-order valence-corrected chi connectivity index (χ4v) is 12.3. The van der Waals surface area contributed by atoms with Gasteiger partial charge in [-0.15, -0.1) is 11.8 Å². The number of aliphatic hydroxyl groups excluding tert-OH is 1. The summed E-state index contributed by atoms with van der Waals surface area (Å²) in [4.78, 5) is 167. The van der Waals surface area contributed by atoms with Gasteiger partial charge >= 0.3 is 0 Å². The van der Waals surface area contributed by atoms with Crippen LogP contribution in [-0.4, -0.2) is 256 Å². The maximum absolute atomic E-state index is 15.3. The summed E-state index contributed by atoms with van der Waals surface area (Å²) in [6.07, 6.45) is 4.00. The van der Waals surface area contributed by atoms with Crippen LogP contribution < -0.4 is 26.6 Å². The smallest absolute Gasteiger partial charge is 0.256 e. The Morgan fingerprint density at radius 1 is 0.526 bits per heavy atom. The Bertz CT molecular complexity index is 2510. The molecule has 0 aliphatic rings. The molecule has 7 N–H and O–H groups in total. The van der Waals surface area contributed by atoms with Crippen LogP contribution in [0.3, 0.4) is 0 Å². The van der Waals surface area contributed by atoms with E-state index in [0.29, 0.717) is 31.6 Å². The minimum absolute atomic E-state index is 0.0359.